The molecule has 1 saturated heterocycles. The Bertz CT molecular complexity index is 638. The van der Waals surface area contributed by atoms with Crippen molar-refractivity contribution in [3.05, 3.63) is 23.2 Å². The molecule has 3 N–H and O–H groups in total. The number of carbonyl (C=O) groups excluding carboxylic acids is 2. The lowest BCUT2D eigenvalue weighted by Crippen LogP contribution is -2.65. The van der Waals surface area contributed by atoms with Crippen LogP contribution in [0.15, 0.2) is 18.2 Å². The molecule has 6 nitrogen and oxygen atoms in total. The third kappa shape index (κ3) is 3.82. The molecule has 2 aliphatic rings. The topological polar surface area (TPSA) is 79.5 Å². The molecule has 1 aromatic carbocycles. The SMILES string of the molecule is COc1ccc(Cl)cc1NC(=O)CC1NC2CCCCC2NC1=O. The first-order valence-electron chi connectivity index (χ1n) is 8.26. The number of benzene rings is 1. The maximum atomic E-state index is 12.3. The molecule has 1 aliphatic heterocycles. The number of rotatable bonds is 4. The van der Waals surface area contributed by atoms with Crippen molar-refractivity contribution in [2.24, 2.45) is 0 Å². The lowest BCUT2D eigenvalue weighted by molar-refractivity contribution is -0.129. The highest BCUT2D eigenvalue weighted by Crippen LogP contribution is 2.28. The van der Waals surface area contributed by atoms with E-state index in [2.05, 4.69) is 16.0 Å². The normalized spacial score (nSPS) is 26.2. The van der Waals surface area contributed by atoms with Gasteiger partial charge in [-0.3, -0.25) is 9.59 Å². The molecule has 1 saturated carbocycles. The van der Waals surface area contributed by atoms with Crippen LogP contribution < -0.4 is 20.7 Å². The molecule has 0 bridgehead atoms. The summed E-state index contributed by atoms with van der Waals surface area (Å²) in [6, 6.07) is 4.96. The van der Waals surface area contributed by atoms with E-state index in [4.69, 9.17) is 16.3 Å². The van der Waals surface area contributed by atoms with Crippen LogP contribution in [-0.2, 0) is 9.59 Å². The Morgan fingerprint density at radius 3 is 2.83 bits per heavy atom. The molecule has 130 valence electrons. The standard InChI is InChI=1S/C17H22ClN3O3/c1-24-15-7-6-10(18)8-13(15)20-16(22)9-14-17(23)21-12-5-3-2-4-11(12)19-14/h6-8,11-12,14,19H,2-5,9H2,1H3,(H,20,22)(H,21,23). The number of ether oxygens (including phenoxy) is 1. The molecule has 3 unspecified atom stereocenters. The van der Waals surface area contributed by atoms with Crippen LogP contribution in [0.4, 0.5) is 5.69 Å². The third-order valence-electron chi connectivity index (χ3n) is 4.65. The van der Waals surface area contributed by atoms with Gasteiger partial charge in [0.1, 0.15) is 5.75 Å². The molecule has 24 heavy (non-hydrogen) atoms. The quantitative estimate of drug-likeness (QED) is 0.776. The highest BCUT2D eigenvalue weighted by molar-refractivity contribution is 6.31. The predicted molar refractivity (Wildman–Crippen MR) is 92.4 cm³/mol. The molecule has 1 aromatic rings. The van der Waals surface area contributed by atoms with Crippen LogP contribution in [0.5, 0.6) is 5.75 Å². The highest BCUT2D eigenvalue weighted by Gasteiger charge is 2.37. The Hall–Kier alpha value is -1.79. The Balaban J connectivity index is 1.62. The molecule has 3 rings (SSSR count). The van der Waals surface area contributed by atoms with Gasteiger partial charge in [0, 0.05) is 17.1 Å². The smallest absolute Gasteiger partial charge is 0.237 e. The molecule has 7 heteroatoms. The van der Waals surface area contributed by atoms with Crippen LogP contribution in [-0.4, -0.2) is 37.0 Å². The van der Waals surface area contributed by atoms with Gasteiger partial charge in [-0.2, -0.15) is 0 Å². The highest BCUT2D eigenvalue weighted by atomic mass is 35.5. The number of methoxy groups -OCH3 is 1. The second-order valence-electron chi connectivity index (χ2n) is 6.32. The average Bonchev–Trinajstić information content (AvgIpc) is 2.55. The summed E-state index contributed by atoms with van der Waals surface area (Å²) in [6.45, 7) is 0. The lowest BCUT2D eigenvalue weighted by Gasteiger charge is -2.40. The largest absolute Gasteiger partial charge is 0.495 e. The fourth-order valence-electron chi connectivity index (χ4n) is 3.44. The molecule has 1 heterocycles. The molecule has 2 fully saturated rings. The van der Waals surface area contributed by atoms with Crippen molar-refractivity contribution in [2.45, 2.75) is 50.2 Å². The van der Waals surface area contributed by atoms with Crippen LogP contribution in [0, 0.1) is 0 Å². The van der Waals surface area contributed by atoms with E-state index in [0.29, 0.717) is 16.5 Å². The van der Waals surface area contributed by atoms with E-state index in [1.54, 1.807) is 18.2 Å². The van der Waals surface area contributed by atoms with E-state index in [0.717, 1.165) is 25.7 Å². The summed E-state index contributed by atoms with van der Waals surface area (Å²) in [5, 5.41) is 9.65. The number of fused-ring (bicyclic) bond motifs is 1. The number of amides is 2. The number of carbonyl (C=O) groups is 2. The Kier molecular flexibility index (Phi) is 5.26. The molecule has 0 aromatic heterocycles. The zero-order valence-corrected chi connectivity index (χ0v) is 14.4. The first-order chi connectivity index (χ1) is 11.6. The van der Waals surface area contributed by atoms with Crippen molar-refractivity contribution in [1.82, 2.24) is 10.6 Å². The van der Waals surface area contributed by atoms with E-state index >= 15 is 0 Å². The maximum absolute atomic E-state index is 12.3. The number of hydrogen-bond acceptors (Lipinski definition) is 4. The van der Waals surface area contributed by atoms with Gasteiger partial charge in [-0.1, -0.05) is 24.4 Å². The van der Waals surface area contributed by atoms with Gasteiger partial charge in [-0.05, 0) is 31.0 Å². The number of halogens is 1. The van der Waals surface area contributed by atoms with Gasteiger partial charge >= 0.3 is 0 Å². The van der Waals surface area contributed by atoms with E-state index in [1.807, 2.05) is 0 Å². The van der Waals surface area contributed by atoms with E-state index in [1.165, 1.54) is 7.11 Å². The molecular formula is C17H22ClN3O3. The predicted octanol–water partition coefficient (Wildman–Crippen LogP) is 2.08. The van der Waals surface area contributed by atoms with Crippen molar-refractivity contribution in [3.8, 4) is 5.75 Å². The fraction of sp³-hybridized carbons (Fsp3) is 0.529. The Labute approximate surface area is 146 Å². The van der Waals surface area contributed by atoms with Gasteiger partial charge in [0.05, 0.1) is 25.3 Å². The molecular weight excluding hydrogens is 330 g/mol. The van der Waals surface area contributed by atoms with Crippen molar-refractivity contribution in [2.75, 3.05) is 12.4 Å². The summed E-state index contributed by atoms with van der Waals surface area (Å²) in [5.41, 5.74) is 0.502. The van der Waals surface area contributed by atoms with Crippen LogP contribution >= 0.6 is 11.6 Å². The Morgan fingerprint density at radius 1 is 1.33 bits per heavy atom. The third-order valence-corrected chi connectivity index (χ3v) is 4.89. The van der Waals surface area contributed by atoms with Gasteiger partial charge in [0.25, 0.3) is 0 Å². The van der Waals surface area contributed by atoms with Gasteiger partial charge in [-0.15, -0.1) is 0 Å². The van der Waals surface area contributed by atoms with Crippen molar-refractivity contribution >= 4 is 29.1 Å². The summed E-state index contributed by atoms with van der Waals surface area (Å²) < 4.78 is 5.21. The molecule has 3 atom stereocenters. The number of anilines is 1. The van der Waals surface area contributed by atoms with Crippen molar-refractivity contribution in [1.29, 1.82) is 0 Å². The van der Waals surface area contributed by atoms with Crippen molar-refractivity contribution in [3.63, 3.8) is 0 Å². The van der Waals surface area contributed by atoms with Gasteiger partial charge < -0.3 is 20.7 Å². The van der Waals surface area contributed by atoms with Gasteiger partial charge in [-0.25, -0.2) is 0 Å². The maximum Gasteiger partial charge on any atom is 0.237 e. The number of nitrogens with one attached hydrogen (secondary N) is 3. The van der Waals surface area contributed by atoms with Gasteiger partial charge in [0.15, 0.2) is 0 Å². The van der Waals surface area contributed by atoms with Crippen LogP contribution in [0.25, 0.3) is 0 Å². The molecule has 0 spiro atoms. The minimum atomic E-state index is -0.505. The zero-order chi connectivity index (χ0) is 17.1. The van der Waals surface area contributed by atoms with Crippen LogP contribution in [0.1, 0.15) is 32.1 Å². The second kappa shape index (κ2) is 7.40. The van der Waals surface area contributed by atoms with Crippen molar-refractivity contribution < 1.29 is 14.3 Å². The molecule has 1 aliphatic carbocycles. The summed E-state index contributed by atoms with van der Waals surface area (Å²) in [7, 11) is 1.53. The summed E-state index contributed by atoms with van der Waals surface area (Å²) in [5.74, 6) is 0.171. The molecule has 2 amide bonds. The first kappa shape index (κ1) is 17.0. The van der Waals surface area contributed by atoms with Crippen LogP contribution in [0.3, 0.4) is 0 Å². The zero-order valence-electron chi connectivity index (χ0n) is 13.6. The summed E-state index contributed by atoms with van der Waals surface area (Å²) >= 11 is 5.97. The monoisotopic (exact) mass is 351 g/mol. The lowest BCUT2D eigenvalue weighted by atomic mass is 9.87. The average molecular weight is 352 g/mol. The Morgan fingerprint density at radius 2 is 2.08 bits per heavy atom. The van der Waals surface area contributed by atoms with E-state index in [9.17, 15) is 9.59 Å². The molecule has 0 radical (unpaired) electrons. The van der Waals surface area contributed by atoms with E-state index < -0.39 is 6.04 Å². The summed E-state index contributed by atoms with van der Waals surface area (Å²) in [4.78, 5) is 24.6. The van der Waals surface area contributed by atoms with Gasteiger partial charge in [0.2, 0.25) is 11.8 Å². The van der Waals surface area contributed by atoms with E-state index in [-0.39, 0.29) is 30.3 Å². The number of hydrogen-bond donors (Lipinski definition) is 3. The first-order valence-corrected chi connectivity index (χ1v) is 8.64. The second-order valence-corrected chi connectivity index (χ2v) is 6.76. The summed E-state index contributed by atoms with van der Waals surface area (Å²) in [6.07, 6.45) is 4.41. The fourth-order valence-corrected chi connectivity index (χ4v) is 3.61. The minimum absolute atomic E-state index is 0.0741. The van der Waals surface area contributed by atoms with Crippen LogP contribution in [0.2, 0.25) is 5.02 Å². The number of piperazine rings is 1. The minimum Gasteiger partial charge on any atom is -0.495 e.